The molecule has 1 aliphatic heterocycles. The number of piperazine rings is 1. The molecule has 25 heavy (non-hydrogen) atoms. The van der Waals surface area contributed by atoms with Crippen LogP contribution in [0.2, 0.25) is 0 Å². The van der Waals surface area contributed by atoms with Crippen LogP contribution in [-0.4, -0.2) is 51.2 Å². The van der Waals surface area contributed by atoms with Crippen LogP contribution < -0.4 is 0 Å². The van der Waals surface area contributed by atoms with Gasteiger partial charge in [0.25, 0.3) is 0 Å². The third kappa shape index (κ3) is 4.41. The van der Waals surface area contributed by atoms with E-state index in [1.807, 2.05) is 18.1 Å². The summed E-state index contributed by atoms with van der Waals surface area (Å²) in [6.07, 6.45) is 2.00. The van der Waals surface area contributed by atoms with Gasteiger partial charge in [-0.15, -0.1) is 0 Å². The first-order valence-corrected chi connectivity index (χ1v) is 9.85. The summed E-state index contributed by atoms with van der Waals surface area (Å²) in [6.45, 7) is 6.71. The van der Waals surface area contributed by atoms with Gasteiger partial charge in [0, 0.05) is 19.6 Å². The fourth-order valence-electron chi connectivity index (χ4n) is 2.98. The molecule has 1 fully saturated rings. The van der Waals surface area contributed by atoms with E-state index in [1.165, 1.54) is 11.1 Å². The molecule has 1 atom stereocenters. The van der Waals surface area contributed by atoms with E-state index in [0.29, 0.717) is 31.3 Å². The van der Waals surface area contributed by atoms with Crippen molar-refractivity contribution in [3.63, 3.8) is 0 Å². The Morgan fingerprint density at radius 3 is 2.72 bits per heavy atom. The van der Waals surface area contributed by atoms with Gasteiger partial charge >= 0.3 is 0 Å². The molecule has 0 radical (unpaired) electrons. The molecule has 0 saturated carbocycles. The number of hydrogen-bond acceptors (Lipinski definition) is 6. The molecular formula is C18H24N4O2S. The maximum Gasteiger partial charge on any atom is 0.240 e. The molecule has 1 aromatic carbocycles. The molecule has 1 aliphatic rings. The Morgan fingerprint density at radius 2 is 2.00 bits per heavy atom. The molecule has 0 unspecified atom stereocenters. The van der Waals surface area contributed by atoms with E-state index in [0.717, 1.165) is 12.3 Å². The summed E-state index contributed by atoms with van der Waals surface area (Å²) in [5, 5.41) is 3.96. The number of benzene rings is 1. The van der Waals surface area contributed by atoms with Crippen LogP contribution in [0.1, 0.15) is 29.8 Å². The molecule has 0 spiro atoms. The predicted molar refractivity (Wildman–Crippen MR) is 98.0 cm³/mol. The first-order chi connectivity index (χ1) is 12.1. The number of nitrogens with zero attached hydrogens (tertiary/aromatic N) is 4. The van der Waals surface area contributed by atoms with Crippen molar-refractivity contribution in [2.75, 3.05) is 19.3 Å². The second-order valence-electron chi connectivity index (χ2n) is 6.43. The standard InChI is InChI=1S/C18H24N4O2S/c1-13-4-6-15(7-5-13)10-22-9-8-21(14(2)18(22)23)11-17-19-16(12-25-3)20-24-17/h4-7,14H,8-12H2,1-3H3/t14-/m1/s1. The second-order valence-corrected chi connectivity index (χ2v) is 7.30. The van der Waals surface area contributed by atoms with Crippen LogP contribution in [0.4, 0.5) is 0 Å². The van der Waals surface area contributed by atoms with Crippen LogP contribution in [0.25, 0.3) is 0 Å². The number of amides is 1. The van der Waals surface area contributed by atoms with Gasteiger partial charge in [-0.05, 0) is 25.7 Å². The molecule has 0 bridgehead atoms. The van der Waals surface area contributed by atoms with Gasteiger partial charge in [0.15, 0.2) is 5.82 Å². The summed E-state index contributed by atoms with van der Waals surface area (Å²) in [6, 6.07) is 8.16. The maximum absolute atomic E-state index is 12.7. The monoisotopic (exact) mass is 360 g/mol. The van der Waals surface area contributed by atoms with Crippen LogP contribution >= 0.6 is 11.8 Å². The highest BCUT2D eigenvalue weighted by Crippen LogP contribution is 2.17. The van der Waals surface area contributed by atoms with E-state index in [1.54, 1.807) is 11.8 Å². The lowest BCUT2D eigenvalue weighted by Gasteiger charge is -2.38. The maximum atomic E-state index is 12.7. The number of hydrogen-bond donors (Lipinski definition) is 0. The normalized spacial score (nSPS) is 18.8. The highest BCUT2D eigenvalue weighted by atomic mass is 32.2. The lowest BCUT2D eigenvalue weighted by Crippen LogP contribution is -2.54. The number of aryl methyl sites for hydroxylation is 1. The van der Waals surface area contributed by atoms with Crippen molar-refractivity contribution in [2.24, 2.45) is 0 Å². The first kappa shape index (κ1) is 17.9. The van der Waals surface area contributed by atoms with Gasteiger partial charge in [0.1, 0.15) is 0 Å². The number of carbonyl (C=O) groups excluding carboxylic acids is 1. The molecule has 2 heterocycles. The van der Waals surface area contributed by atoms with E-state index < -0.39 is 0 Å². The Bertz CT molecular complexity index is 716. The summed E-state index contributed by atoms with van der Waals surface area (Å²) < 4.78 is 5.30. The topological polar surface area (TPSA) is 62.5 Å². The molecule has 6 nitrogen and oxygen atoms in total. The molecule has 1 amide bonds. The van der Waals surface area contributed by atoms with Crippen LogP contribution in [0.3, 0.4) is 0 Å². The van der Waals surface area contributed by atoms with Crippen molar-refractivity contribution < 1.29 is 9.32 Å². The largest absolute Gasteiger partial charge is 0.338 e. The van der Waals surface area contributed by atoms with E-state index >= 15 is 0 Å². The van der Waals surface area contributed by atoms with Gasteiger partial charge in [-0.25, -0.2) is 0 Å². The SMILES string of the molecule is CSCc1noc(CN2CCN(Cc3ccc(C)cc3)C(=O)[C@H]2C)n1. The minimum atomic E-state index is -0.185. The average Bonchev–Trinajstić information content (AvgIpc) is 3.04. The highest BCUT2D eigenvalue weighted by Gasteiger charge is 2.32. The third-order valence-corrected chi connectivity index (χ3v) is 5.04. The molecule has 7 heteroatoms. The van der Waals surface area contributed by atoms with E-state index in [4.69, 9.17) is 4.52 Å². The van der Waals surface area contributed by atoms with Crippen molar-refractivity contribution in [1.82, 2.24) is 19.9 Å². The van der Waals surface area contributed by atoms with Gasteiger partial charge in [-0.2, -0.15) is 16.7 Å². The second kappa shape index (κ2) is 8.01. The van der Waals surface area contributed by atoms with Crippen molar-refractivity contribution in [2.45, 2.75) is 38.7 Å². The summed E-state index contributed by atoms with van der Waals surface area (Å²) in [7, 11) is 0. The summed E-state index contributed by atoms with van der Waals surface area (Å²) in [5.41, 5.74) is 2.40. The number of aromatic nitrogens is 2. The molecule has 1 aromatic heterocycles. The van der Waals surface area contributed by atoms with Gasteiger partial charge in [-0.1, -0.05) is 35.0 Å². The Kier molecular flexibility index (Phi) is 5.75. The van der Waals surface area contributed by atoms with Crippen LogP contribution in [0.15, 0.2) is 28.8 Å². The average molecular weight is 360 g/mol. The van der Waals surface area contributed by atoms with Gasteiger partial charge < -0.3 is 9.42 Å². The highest BCUT2D eigenvalue weighted by molar-refractivity contribution is 7.97. The fraction of sp³-hybridized carbons (Fsp3) is 0.500. The molecule has 0 N–H and O–H groups in total. The molecule has 1 saturated heterocycles. The zero-order valence-corrected chi connectivity index (χ0v) is 15.8. The minimum Gasteiger partial charge on any atom is -0.338 e. The van der Waals surface area contributed by atoms with Crippen molar-refractivity contribution in [3.05, 3.63) is 47.1 Å². The van der Waals surface area contributed by atoms with Gasteiger partial charge in [0.2, 0.25) is 11.8 Å². The summed E-state index contributed by atoms with van der Waals surface area (Å²) in [4.78, 5) is 21.1. The summed E-state index contributed by atoms with van der Waals surface area (Å²) in [5.74, 6) is 2.17. The van der Waals surface area contributed by atoms with Crippen LogP contribution in [-0.2, 0) is 23.6 Å². The predicted octanol–water partition coefficient (Wildman–Crippen LogP) is 2.47. The zero-order valence-electron chi connectivity index (χ0n) is 14.9. The smallest absolute Gasteiger partial charge is 0.240 e. The number of thioether (sulfide) groups is 1. The first-order valence-electron chi connectivity index (χ1n) is 8.45. The Balaban J connectivity index is 1.59. The van der Waals surface area contributed by atoms with Crippen molar-refractivity contribution >= 4 is 17.7 Å². The van der Waals surface area contributed by atoms with Gasteiger partial charge in [0.05, 0.1) is 18.3 Å². The fourth-order valence-corrected chi connectivity index (χ4v) is 3.35. The molecule has 3 rings (SSSR count). The van der Waals surface area contributed by atoms with Crippen molar-refractivity contribution in [3.8, 4) is 0 Å². The van der Waals surface area contributed by atoms with E-state index in [9.17, 15) is 4.79 Å². The Labute approximate surface area is 152 Å². The molecule has 2 aromatic rings. The molecule has 134 valence electrons. The van der Waals surface area contributed by atoms with Crippen LogP contribution in [0, 0.1) is 6.92 Å². The molecule has 0 aliphatic carbocycles. The van der Waals surface area contributed by atoms with Crippen molar-refractivity contribution in [1.29, 1.82) is 0 Å². The van der Waals surface area contributed by atoms with E-state index in [-0.39, 0.29) is 11.9 Å². The number of carbonyl (C=O) groups is 1. The Hall–Kier alpha value is -1.86. The summed E-state index contributed by atoms with van der Waals surface area (Å²) >= 11 is 1.66. The lowest BCUT2D eigenvalue weighted by atomic mass is 10.1. The lowest BCUT2D eigenvalue weighted by molar-refractivity contribution is -0.142. The van der Waals surface area contributed by atoms with Crippen LogP contribution in [0.5, 0.6) is 0 Å². The number of rotatable bonds is 6. The van der Waals surface area contributed by atoms with Gasteiger partial charge in [-0.3, -0.25) is 9.69 Å². The third-order valence-electron chi connectivity index (χ3n) is 4.49. The Morgan fingerprint density at radius 1 is 1.24 bits per heavy atom. The molecular weight excluding hydrogens is 336 g/mol. The zero-order chi connectivity index (χ0) is 17.8. The van der Waals surface area contributed by atoms with E-state index in [2.05, 4.69) is 46.2 Å². The minimum absolute atomic E-state index is 0.149. The quantitative estimate of drug-likeness (QED) is 0.789.